The van der Waals surface area contributed by atoms with Gasteiger partial charge >= 0.3 is 5.69 Å². The zero-order valence-electron chi connectivity index (χ0n) is 11.3. The van der Waals surface area contributed by atoms with E-state index in [1.165, 1.54) is 30.7 Å². The summed E-state index contributed by atoms with van der Waals surface area (Å²) in [5, 5.41) is 16.2. The molecule has 20 heavy (non-hydrogen) atoms. The molecule has 0 spiro atoms. The predicted molar refractivity (Wildman–Crippen MR) is 69.0 cm³/mol. The van der Waals surface area contributed by atoms with Crippen molar-refractivity contribution in [3.05, 3.63) is 33.1 Å². The molecule has 0 aliphatic carbocycles. The first-order chi connectivity index (χ1) is 9.20. The van der Waals surface area contributed by atoms with Crippen LogP contribution in [0.15, 0.2) is 21.9 Å². The van der Waals surface area contributed by atoms with Crippen LogP contribution >= 0.6 is 0 Å². The van der Waals surface area contributed by atoms with Crippen LogP contribution in [0.2, 0.25) is 0 Å². The number of carbonyl (C=O) groups is 1. The molecule has 1 aliphatic rings. The zero-order chi connectivity index (χ0) is 15.3. The Morgan fingerprint density at radius 2 is 2.00 bits per heavy atom. The number of H-pyrrole nitrogens is 1. The van der Waals surface area contributed by atoms with Gasteiger partial charge in [0.1, 0.15) is 18.6 Å². The molecule has 0 amide bonds. The lowest BCUT2D eigenvalue weighted by Crippen LogP contribution is -2.31. The Morgan fingerprint density at radius 3 is 2.45 bits per heavy atom. The summed E-state index contributed by atoms with van der Waals surface area (Å²) in [5.74, 6) is -1.50. The summed E-state index contributed by atoms with van der Waals surface area (Å²) in [5.41, 5.74) is -0.958. The fourth-order valence-electron chi connectivity index (χ4n) is 1.60. The van der Waals surface area contributed by atoms with Crippen LogP contribution in [0, 0.1) is 0 Å². The van der Waals surface area contributed by atoms with Gasteiger partial charge in [-0.15, -0.1) is 0 Å². The molecule has 1 aliphatic heterocycles. The van der Waals surface area contributed by atoms with Crippen LogP contribution in [0.1, 0.15) is 32.9 Å². The molecule has 3 N–H and O–H groups in total. The molecule has 1 aromatic rings. The topological polar surface area (TPSA) is 122 Å². The molecule has 0 radical (unpaired) electrons. The third kappa shape index (κ3) is 5.47. The molecular formula is C12H18N2O6. The van der Waals surface area contributed by atoms with Gasteiger partial charge in [0.15, 0.2) is 5.79 Å². The number of aldehydes is 1. The number of rotatable bonds is 2. The Morgan fingerprint density at radius 1 is 1.40 bits per heavy atom. The van der Waals surface area contributed by atoms with Crippen LogP contribution in [-0.4, -0.2) is 37.9 Å². The summed E-state index contributed by atoms with van der Waals surface area (Å²) >= 11 is 0. The maximum absolute atomic E-state index is 11.4. The molecular weight excluding hydrogens is 268 g/mol. The first-order valence-corrected chi connectivity index (χ1v) is 6.07. The maximum atomic E-state index is 11.4. The monoisotopic (exact) mass is 286 g/mol. The van der Waals surface area contributed by atoms with Gasteiger partial charge in [-0.05, 0) is 26.7 Å². The first-order valence-electron chi connectivity index (χ1n) is 6.07. The number of nitrogens with one attached hydrogen (secondary N) is 1. The quantitative estimate of drug-likeness (QED) is 0.479. The van der Waals surface area contributed by atoms with Gasteiger partial charge in [0, 0.05) is 12.3 Å². The average molecular weight is 286 g/mol. The highest BCUT2D eigenvalue weighted by Crippen LogP contribution is 2.25. The summed E-state index contributed by atoms with van der Waals surface area (Å²) in [6.07, 6.45) is 2.38. The molecule has 2 rings (SSSR count). The van der Waals surface area contributed by atoms with E-state index in [9.17, 15) is 14.4 Å². The minimum Gasteiger partial charge on any atom is -0.366 e. The highest BCUT2D eigenvalue weighted by Gasteiger charge is 2.26. The number of aromatic amines is 1. The number of hydrogen-bond acceptors (Lipinski definition) is 6. The fraction of sp³-hybridized carbons (Fsp3) is 0.583. The van der Waals surface area contributed by atoms with E-state index < -0.39 is 29.4 Å². The SMILES string of the molecule is CC(C)(O)O.O=CC1CCC(n2ccc(=O)[nH]c2=O)O1. The van der Waals surface area contributed by atoms with E-state index >= 15 is 0 Å². The van der Waals surface area contributed by atoms with E-state index in [0.29, 0.717) is 12.8 Å². The lowest BCUT2D eigenvalue weighted by Gasteiger charge is -2.12. The van der Waals surface area contributed by atoms with Crippen LogP contribution in [0.5, 0.6) is 0 Å². The van der Waals surface area contributed by atoms with Crippen molar-refractivity contribution in [2.24, 2.45) is 0 Å². The third-order valence-corrected chi connectivity index (χ3v) is 2.34. The van der Waals surface area contributed by atoms with Crippen molar-refractivity contribution in [1.29, 1.82) is 0 Å². The number of ether oxygens (including phenoxy) is 1. The lowest BCUT2D eigenvalue weighted by molar-refractivity contribution is -0.127. The number of aromatic nitrogens is 2. The van der Waals surface area contributed by atoms with Gasteiger partial charge in [-0.2, -0.15) is 0 Å². The van der Waals surface area contributed by atoms with Crippen molar-refractivity contribution in [2.45, 2.75) is 44.8 Å². The van der Waals surface area contributed by atoms with E-state index in [-0.39, 0.29) is 0 Å². The van der Waals surface area contributed by atoms with E-state index in [2.05, 4.69) is 4.98 Å². The highest BCUT2D eigenvalue weighted by molar-refractivity contribution is 5.56. The Bertz CT molecular complexity index is 550. The standard InChI is InChI=1S/C9H10N2O4.C3H8O2/c12-5-6-1-2-8(15-6)11-4-3-7(13)10-9(11)14;1-3(2,4)5/h3-6,8H,1-2H2,(H,10,13,14);4-5H,1-2H3. The fourth-order valence-corrected chi connectivity index (χ4v) is 1.60. The lowest BCUT2D eigenvalue weighted by atomic mass is 10.2. The Kier molecular flexibility index (Phi) is 5.37. The third-order valence-electron chi connectivity index (χ3n) is 2.34. The highest BCUT2D eigenvalue weighted by atomic mass is 16.5. The van der Waals surface area contributed by atoms with Gasteiger partial charge in [0.05, 0.1) is 0 Å². The first kappa shape index (κ1) is 16.3. The van der Waals surface area contributed by atoms with E-state index in [1.807, 2.05) is 0 Å². The van der Waals surface area contributed by atoms with E-state index in [4.69, 9.17) is 14.9 Å². The minimum atomic E-state index is -1.50. The molecule has 2 unspecified atom stereocenters. The van der Waals surface area contributed by atoms with E-state index in [1.54, 1.807) is 0 Å². The van der Waals surface area contributed by atoms with Crippen LogP contribution in [0.4, 0.5) is 0 Å². The molecule has 2 atom stereocenters. The van der Waals surface area contributed by atoms with Crippen molar-refractivity contribution in [3.63, 3.8) is 0 Å². The molecule has 8 nitrogen and oxygen atoms in total. The van der Waals surface area contributed by atoms with Gasteiger partial charge in [-0.3, -0.25) is 14.3 Å². The summed E-state index contributed by atoms with van der Waals surface area (Å²) < 4.78 is 6.57. The van der Waals surface area contributed by atoms with E-state index in [0.717, 1.165) is 6.29 Å². The summed E-state index contributed by atoms with van der Waals surface area (Å²) in [4.78, 5) is 34.8. The van der Waals surface area contributed by atoms with Gasteiger partial charge in [-0.25, -0.2) is 4.79 Å². The molecule has 8 heteroatoms. The van der Waals surface area contributed by atoms with Gasteiger partial charge in [-0.1, -0.05) is 0 Å². The van der Waals surface area contributed by atoms with Crippen LogP contribution in [0.3, 0.4) is 0 Å². The Labute approximate surface area is 114 Å². The Hall–Kier alpha value is -1.77. The molecule has 2 heterocycles. The smallest absolute Gasteiger partial charge is 0.330 e. The number of nitrogens with zero attached hydrogens (tertiary/aromatic N) is 1. The minimum absolute atomic E-state index is 0.443. The molecule has 112 valence electrons. The second-order valence-corrected chi connectivity index (χ2v) is 4.85. The second kappa shape index (κ2) is 6.60. The second-order valence-electron chi connectivity index (χ2n) is 4.85. The van der Waals surface area contributed by atoms with Gasteiger partial charge in [0.25, 0.3) is 5.56 Å². The summed E-state index contributed by atoms with van der Waals surface area (Å²) in [6, 6.07) is 1.25. The zero-order valence-corrected chi connectivity index (χ0v) is 11.3. The normalized spacial score (nSPS) is 22.0. The van der Waals surface area contributed by atoms with Gasteiger partial charge < -0.3 is 19.7 Å². The van der Waals surface area contributed by atoms with Crippen LogP contribution in [0.25, 0.3) is 0 Å². The van der Waals surface area contributed by atoms with Gasteiger partial charge in [0.2, 0.25) is 0 Å². The number of carbonyl (C=O) groups excluding carboxylic acids is 1. The summed E-state index contributed by atoms with van der Waals surface area (Å²) in [6.45, 7) is 2.60. The molecule has 1 aromatic heterocycles. The predicted octanol–water partition coefficient (Wildman–Crippen LogP) is -0.880. The maximum Gasteiger partial charge on any atom is 0.330 e. The van der Waals surface area contributed by atoms with Crippen molar-refractivity contribution in [2.75, 3.05) is 0 Å². The summed E-state index contributed by atoms with van der Waals surface area (Å²) in [7, 11) is 0. The number of hydrogen-bond donors (Lipinski definition) is 3. The van der Waals surface area contributed by atoms with Crippen LogP contribution in [-0.2, 0) is 9.53 Å². The molecule has 0 aromatic carbocycles. The van der Waals surface area contributed by atoms with Crippen molar-refractivity contribution in [3.8, 4) is 0 Å². The average Bonchev–Trinajstić information content (AvgIpc) is 2.75. The molecule has 0 bridgehead atoms. The molecule has 0 saturated carbocycles. The van der Waals surface area contributed by atoms with Crippen molar-refractivity contribution in [1.82, 2.24) is 9.55 Å². The van der Waals surface area contributed by atoms with Crippen molar-refractivity contribution >= 4 is 6.29 Å². The number of aliphatic hydroxyl groups is 2. The van der Waals surface area contributed by atoms with Crippen molar-refractivity contribution < 1.29 is 19.7 Å². The molecule has 1 saturated heterocycles. The van der Waals surface area contributed by atoms with Crippen LogP contribution < -0.4 is 11.2 Å². The molecule has 1 fully saturated rings. The largest absolute Gasteiger partial charge is 0.366 e. The Balaban J connectivity index is 0.000000347.